The maximum Gasteiger partial charge on any atom is 0.222 e. The third-order valence-corrected chi connectivity index (χ3v) is 3.91. The van der Waals surface area contributed by atoms with Crippen LogP contribution in [0.3, 0.4) is 0 Å². The molecule has 5 heteroatoms. The van der Waals surface area contributed by atoms with Crippen molar-refractivity contribution >= 4 is 18.3 Å². The number of hydrogen-bond donors (Lipinski definition) is 0. The molecule has 140 valence electrons. The average molecular weight is 350 g/mol. The lowest BCUT2D eigenvalue weighted by Gasteiger charge is -2.23. The molecule has 0 bridgehead atoms. The first-order valence-corrected chi connectivity index (χ1v) is 9.04. The molecule has 0 aliphatic rings. The molecule has 0 radical (unpaired) electrons. The van der Waals surface area contributed by atoms with Gasteiger partial charge in [-0.05, 0) is 73.4 Å². The van der Waals surface area contributed by atoms with Gasteiger partial charge >= 0.3 is 0 Å². The van der Waals surface area contributed by atoms with Crippen molar-refractivity contribution < 1.29 is 4.79 Å². The van der Waals surface area contributed by atoms with Crippen LogP contribution in [-0.4, -0.2) is 75.0 Å². The highest BCUT2D eigenvalue weighted by molar-refractivity contribution is 5.85. The Morgan fingerprint density at radius 2 is 1.13 bits per heavy atom. The second kappa shape index (κ2) is 16.5. The quantitative estimate of drug-likeness (QED) is 0.449. The molecule has 0 aromatic heterocycles. The molecule has 4 nitrogen and oxygen atoms in total. The van der Waals surface area contributed by atoms with Crippen LogP contribution in [0.1, 0.15) is 58.3 Å². The second-order valence-electron chi connectivity index (χ2n) is 6.86. The zero-order valence-electron chi connectivity index (χ0n) is 16.1. The van der Waals surface area contributed by atoms with Gasteiger partial charge in [0.05, 0.1) is 0 Å². The summed E-state index contributed by atoms with van der Waals surface area (Å²) in [5.74, 6) is 0.364. The van der Waals surface area contributed by atoms with Crippen LogP contribution in [0.15, 0.2) is 0 Å². The van der Waals surface area contributed by atoms with E-state index in [0.29, 0.717) is 5.91 Å². The van der Waals surface area contributed by atoms with Gasteiger partial charge in [0.15, 0.2) is 0 Å². The van der Waals surface area contributed by atoms with E-state index in [0.717, 1.165) is 51.9 Å². The van der Waals surface area contributed by atoms with Crippen molar-refractivity contribution in [1.82, 2.24) is 14.7 Å². The van der Waals surface area contributed by atoms with E-state index in [2.05, 4.69) is 49.8 Å². The third kappa shape index (κ3) is 16.3. The van der Waals surface area contributed by atoms with Gasteiger partial charge < -0.3 is 14.7 Å². The van der Waals surface area contributed by atoms with Crippen molar-refractivity contribution in [3.8, 4) is 0 Å². The number of hydrogen-bond acceptors (Lipinski definition) is 3. The second-order valence-corrected chi connectivity index (χ2v) is 6.86. The van der Waals surface area contributed by atoms with Crippen LogP contribution < -0.4 is 0 Å². The summed E-state index contributed by atoms with van der Waals surface area (Å²) in [7, 11) is 8.42. The van der Waals surface area contributed by atoms with Crippen LogP contribution in [0.2, 0.25) is 0 Å². The van der Waals surface area contributed by atoms with Crippen LogP contribution in [-0.2, 0) is 4.79 Å². The van der Waals surface area contributed by atoms with Crippen LogP contribution in [0.4, 0.5) is 0 Å². The topological polar surface area (TPSA) is 26.8 Å². The Kier molecular flexibility index (Phi) is 17.9. The third-order valence-electron chi connectivity index (χ3n) is 3.91. The largest absolute Gasteiger partial charge is 0.343 e. The molecule has 1 amide bonds. The number of rotatable bonds is 14. The molecule has 0 unspecified atom stereocenters. The summed E-state index contributed by atoms with van der Waals surface area (Å²) in [6, 6.07) is 0. The lowest BCUT2D eigenvalue weighted by atomic mass is 10.1. The molecule has 0 aromatic carbocycles. The fourth-order valence-electron chi connectivity index (χ4n) is 2.51. The lowest BCUT2D eigenvalue weighted by Crippen LogP contribution is -2.33. The predicted molar refractivity (Wildman–Crippen MR) is 104 cm³/mol. The molecule has 0 N–H and O–H groups in total. The summed E-state index contributed by atoms with van der Waals surface area (Å²) in [4.78, 5) is 18.9. The van der Waals surface area contributed by atoms with E-state index < -0.39 is 0 Å². The zero-order chi connectivity index (χ0) is 16.8. The molecule has 0 spiro atoms. The highest BCUT2D eigenvalue weighted by Crippen LogP contribution is 2.07. The van der Waals surface area contributed by atoms with Crippen molar-refractivity contribution in [3.05, 3.63) is 0 Å². The normalized spacial score (nSPS) is 10.9. The van der Waals surface area contributed by atoms with Crippen molar-refractivity contribution in [1.29, 1.82) is 0 Å². The minimum Gasteiger partial charge on any atom is -0.343 e. The summed E-state index contributed by atoms with van der Waals surface area (Å²) in [6.07, 6.45) is 8.69. The standard InChI is InChI=1S/C18H39N3O.ClH/c1-6-7-8-13-18(22)21(16-11-9-14-19(2)3)17-12-10-15-20(4)5;/h6-17H2,1-5H3;1H. The molecule has 0 rings (SSSR count). The summed E-state index contributed by atoms with van der Waals surface area (Å²) in [6.45, 7) is 6.27. The van der Waals surface area contributed by atoms with E-state index in [1.165, 1.54) is 25.7 Å². The van der Waals surface area contributed by atoms with Gasteiger partial charge in [-0.2, -0.15) is 0 Å². The van der Waals surface area contributed by atoms with Crippen molar-refractivity contribution in [2.45, 2.75) is 58.3 Å². The lowest BCUT2D eigenvalue weighted by molar-refractivity contribution is -0.131. The van der Waals surface area contributed by atoms with E-state index in [1.54, 1.807) is 0 Å². The molecule has 0 atom stereocenters. The molecule has 0 saturated carbocycles. The summed E-state index contributed by atoms with van der Waals surface area (Å²) in [5, 5.41) is 0. The molecule has 0 aliphatic heterocycles. The SMILES string of the molecule is CCCCCC(=O)N(CCCCN(C)C)CCCCN(C)C.Cl. The fourth-order valence-corrected chi connectivity index (χ4v) is 2.51. The number of carbonyl (C=O) groups is 1. The minimum absolute atomic E-state index is 0. The zero-order valence-corrected chi connectivity index (χ0v) is 17.0. The van der Waals surface area contributed by atoms with Gasteiger partial charge in [0.25, 0.3) is 0 Å². The van der Waals surface area contributed by atoms with E-state index in [-0.39, 0.29) is 12.4 Å². The Hall–Kier alpha value is -0.320. The smallest absolute Gasteiger partial charge is 0.222 e. The van der Waals surface area contributed by atoms with E-state index >= 15 is 0 Å². The van der Waals surface area contributed by atoms with Crippen molar-refractivity contribution in [3.63, 3.8) is 0 Å². The highest BCUT2D eigenvalue weighted by Gasteiger charge is 2.12. The van der Waals surface area contributed by atoms with Gasteiger partial charge in [-0.15, -0.1) is 12.4 Å². The molecular weight excluding hydrogens is 310 g/mol. The van der Waals surface area contributed by atoms with Crippen LogP contribution >= 0.6 is 12.4 Å². The first-order chi connectivity index (χ1) is 10.5. The van der Waals surface area contributed by atoms with Gasteiger partial charge in [0, 0.05) is 19.5 Å². The number of amides is 1. The molecule has 0 heterocycles. The van der Waals surface area contributed by atoms with Crippen LogP contribution in [0.5, 0.6) is 0 Å². The van der Waals surface area contributed by atoms with Gasteiger partial charge in [0.2, 0.25) is 5.91 Å². The predicted octanol–water partition coefficient (Wildman–Crippen LogP) is 3.50. The molecule has 0 aromatic rings. The summed E-state index contributed by atoms with van der Waals surface area (Å²) >= 11 is 0. The molecule has 0 aliphatic carbocycles. The number of carbonyl (C=O) groups excluding carboxylic acids is 1. The van der Waals surface area contributed by atoms with E-state index in [9.17, 15) is 4.79 Å². The summed E-state index contributed by atoms with van der Waals surface area (Å²) < 4.78 is 0. The van der Waals surface area contributed by atoms with E-state index in [4.69, 9.17) is 0 Å². The average Bonchev–Trinajstić information content (AvgIpc) is 2.45. The monoisotopic (exact) mass is 349 g/mol. The van der Waals surface area contributed by atoms with Gasteiger partial charge in [-0.1, -0.05) is 19.8 Å². The van der Waals surface area contributed by atoms with Crippen molar-refractivity contribution in [2.24, 2.45) is 0 Å². The maximum atomic E-state index is 12.4. The Labute approximate surface area is 151 Å². The molecular formula is C18H40ClN3O. The highest BCUT2D eigenvalue weighted by atomic mass is 35.5. The Bertz CT molecular complexity index is 257. The van der Waals surface area contributed by atoms with Crippen LogP contribution in [0, 0.1) is 0 Å². The molecule has 0 fully saturated rings. The van der Waals surface area contributed by atoms with Gasteiger partial charge in [0.1, 0.15) is 0 Å². The van der Waals surface area contributed by atoms with Crippen LogP contribution in [0.25, 0.3) is 0 Å². The first-order valence-electron chi connectivity index (χ1n) is 9.04. The maximum absolute atomic E-state index is 12.4. The minimum atomic E-state index is 0. The van der Waals surface area contributed by atoms with Gasteiger partial charge in [-0.25, -0.2) is 0 Å². The molecule has 0 saturated heterocycles. The Morgan fingerprint density at radius 1 is 0.696 bits per heavy atom. The fraction of sp³-hybridized carbons (Fsp3) is 0.944. The molecule has 23 heavy (non-hydrogen) atoms. The van der Waals surface area contributed by atoms with Gasteiger partial charge in [-0.3, -0.25) is 4.79 Å². The first kappa shape index (κ1) is 24.9. The van der Waals surface area contributed by atoms with Crippen molar-refractivity contribution in [2.75, 3.05) is 54.4 Å². The number of unbranched alkanes of at least 4 members (excludes halogenated alkanes) is 4. The summed E-state index contributed by atoms with van der Waals surface area (Å²) in [5.41, 5.74) is 0. The van der Waals surface area contributed by atoms with E-state index in [1.807, 2.05) is 0 Å². The number of nitrogens with zero attached hydrogens (tertiary/aromatic N) is 3. The number of halogens is 1. The Balaban J connectivity index is 0. The Morgan fingerprint density at radius 3 is 1.52 bits per heavy atom.